The molecule has 1 heterocycles. The van der Waals surface area contributed by atoms with Crippen LogP contribution in [0.5, 0.6) is 0 Å². The highest BCUT2D eigenvalue weighted by Gasteiger charge is 2.28. The van der Waals surface area contributed by atoms with Gasteiger partial charge in [0.15, 0.2) is 0 Å². The van der Waals surface area contributed by atoms with Crippen molar-refractivity contribution in [1.29, 1.82) is 0 Å². The zero-order valence-corrected chi connectivity index (χ0v) is 16.6. The molecule has 0 saturated heterocycles. The van der Waals surface area contributed by atoms with Gasteiger partial charge in [-0.05, 0) is 65.3 Å². The van der Waals surface area contributed by atoms with Gasteiger partial charge < -0.3 is 0 Å². The Balaban J connectivity index is 2.48. The maximum Gasteiger partial charge on any atom is 0.265 e. The standard InChI is InChI=1S/C16H22BrN3O2S/c1-10-9-13(7-8-14(10)17)19-23(21,22)15-11(2)18-20(12(15)3)16(4,5)6/h7-9,19H,1-6H3. The van der Waals surface area contributed by atoms with Crippen molar-refractivity contribution < 1.29 is 8.42 Å². The Morgan fingerprint density at radius 3 is 2.26 bits per heavy atom. The second-order valence-corrected chi connectivity index (χ2v) is 9.13. The largest absolute Gasteiger partial charge is 0.280 e. The molecule has 0 unspecified atom stereocenters. The van der Waals surface area contributed by atoms with Crippen molar-refractivity contribution >= 4 is 31.6 Å². The summed E-state index contributed by atoms with van der Waals surface area (Å²) in [7, 11) is -3.69. The SMILES string of the molecule is Cc1cc(NS(=O)(=O)c2c(C)nn(C(C)(C)C)c2C)ccc1Br. The molecule has 0 spiro atoms. The molecule has 0 atom stereocenters. The van der Waals surface area contributed by atoms with Crippen molar-refractivity contribution in [2.75, 3.05) is 4.72 Å². The van der Waals surface area contributed by atoms with Gasteiger partial charge in [0.05, 0.1) is 16.9 Å². The van der Waals surface area contributed by atoms with Crippen LogP contribution in [-0.2, 0) is 15.6 Å². The van der Waals surface area contributed by atoms with E-state index in [1.807, 2.05) is 33.8 Å². The van der Waals surface area contributed by atoms with Gasteiger partial charge in [-0.2, -0.15) is 5.10 Å². The quantitative estimate of drug-likeness (QED) is 0.843. The van der Waals surface area contributed by atoms with Gasteiger partial charge in [0.1, 0.15) is 4.90 Å². The molecule has 0 bridgehead atoms. The number of hydrogen-bond donors (Lipinski definition) is 1. The number of aromatic nitrogens is 2. The van der Waals surface area contributed by atoms with E-state index >= 15 is 0 Å². The second kappa shape index (κ2) is 5.94. The molecule has 0 amide bonds. The number of nitrogens with zero attached hydrogens (tertiary/aromatic N) is 2. The zero-order chi connectivity index (χ0) is 17.6. The van der Waals surface area contributed by atoms with Crippen LogP contribution in [0.4, 0.5) is 5.69 Å². The van der Waals surface area contributed by atoms with E-state index < -0.39 is 10.0 Å². The van der Waals surface area contributed by atoms with Gasteiger partial charge in [0.2, 0.25) is 0 Å². The number of aryl methyl sites for hydroxylation is 2. The minimum absolute atomic E-state index is 0.244. The van der Waals surface area contributed by atoms with Crippen LogP contribution in [0.2, 0.25) is 0 Å². The summed E-state index contributed by atoms with van der Waals surface area (Å²) in [4.78, 5) is 0.244. The second-order valence-electron chi connectivity index (χ2n) is 6.65. The maximum absolute atomic E-state index is 12.8. The summed E-state index contributed by atoms with van der Waals surface area (Å²) < 4.78 is 30.9. The van der Waals surface area contributed by atoms with Crippen LogP contribution >= 0.6 is 15.9 Å². The molecule has 2 aromatic rings. The Hall–Kier alpha value is -1.34. The average Bonchev–Trinajstić information content (AvgIpc) is 2.69. The fourth-order valence-corrected chi connectivity index (χ4v) is 4.28. The number of anilines is 1. The molecule has 0 aliphatic carbocycles. The highest BCUT2D eigenvalue weighted by molar-refractivity contribution is 9.10. The summed E-state index contributed by atoms with van der Waals surface area (Å²) in [5.41, 5.74) is 2.35. The number of nitrogens with one attached hydrogen (secondary N) is 1. The van der Waals surface area contributed by atoms with E-state index in [4.69, 9.17) is 0 Å². The van der Waals surface area contributed by atoms with Crippen molar-refractivity contribution in [3.05, 3.63) is 39.6 Å². The van der Waals surface area contributed by atoms with Crippen LogP contribution in [0.3, 0.4) is 0 Å². The van der Waals surface area contributed by atoms with Crippen molar-refractivity contribution in [3.8, 4) is 0 Å². The number of benzene rings is 1. The summed E-state index contributed by atoms with van der Waals surface area (Å²) in [6.45, 7) is 11.4. The lowest BCUT2D eigenvalue weighted by molar-refractivity contribution is 0.345. The number of hydrogen-bond acceptors (Lipinski definition) is 3. The third-order valence-electron chi connectivity index (χ3n) is 3.54. The minimum atomic E-state index is -3.69. The molecule has 5 nitrogen and oxygen atoms in total. The highest BCUT2D eigenvalue weighted by atomic mass is 79.9. The van der Waals surface area contributed by atoms with Crippen molar-refractivity contribution in [2.24, 2.45) is 0 Å². The lowest BCUT2D eigenvalue weighted by atomic mass is 10.1. The smallest absolute Gasteiger partial charge is 0.265 e. The summed E-state index contributed by atoms with van der Waals surface area (Å²) in [5.74, 6) is 0. The Morgan fingerprint density at radius 1 is 1.17 bits per heavy atom. The van der Waals surface area contributed by atoms with E-state index in [2.05, 4.69) is 25.8 Å². The van der Waals surface area contributed by atoms with Gasteiger partial charge in [0, 0.05) is 10.2 Å². The molecule has 0 saturated carbocycles. The normalized spacial score (nSPS) is 12.5. The van der Waals surface area contributed by atoms with Crippen LogP contribution in [0.15, 0.2) is 27.6 Å². The van der Waals surface area contributed by atoms with Crippen LogP contribution < -0.4 is 4.72 Å². The molecule has 1 aromatic carbocycles. The molecule has 126 valence electrons. The predicted molar refractivity (Wildman–Crippen MR) is 96.4 cm³/mol. The van der Waals surface area contributed by atoms with Crippen molar-refractivity contribution in [3.63, 3.8) is 0 Å². The topological polar surface area (TPSA) is 64.0 Å². The summed E-state index contributed by atoms with van der Waals surface area (Å²) in [5, 5.41) is 4.41. The Morgan fingerprint density at radius 2 is 1.78 bits per heavy atom. The monoisotopic (exact) mass is 399 g/mol. The summed E-state index contributed by atoms with van der Waals surface area (Å²) >= 11 is 3.41. The first kappa shape index (κ1) is 18.0. The van der Waals surface area contributed by atoms with Crippen LogP contribution in [0.1, 0.15) is 37.7 Å². The number of halogens is 1. The van der Waals surface area contributed by atoms with Gasteiger partial charge in [-0.1, -0.05) is 15.9 Å². The molecule has 1 N–H and O–H groups in total. The van der Waals surface area contributed by atoms with E-state index in [1.54, 1.807) is 30.7 Å². The molecule has 1 aromatic heterocycles. The van der Waals surface area contributed by atoms with Crippen LogP contribution in [-0.4, -0.2) is 18.2 Å². The van der Waals surface area contributed by atoms with Crippen LogP contribution in [0.25, 0.3) is 0 Å². The van der Waals surface area contributed by atoms with Crippen LogP contribution in [0, 0.1) is 20.8 Å². The summed E-state index contributed by atoms with van der Waals surface area (Å²) in [6, 6.07) is 5.35. The first-order valence-electron chi connectivity index (χ1n) is 7.29. The van der Waals surface area contributed by atoms with E-state index in [0.717, 1.165) is 10.0 Å². The molecular weight excluding hydrogens is 378 g/mol. The van der Waals surface area contributed by atoms with Crippen molar-refractivity contribution in [1.82, 2.24) is 9.78 Å². The zero-order valence-electron chi connectivity index (χ0n) is 14.2. The minimum Gasteiger partial charge on any atom is -0.280 e. The van der Waals surface area contributed by atoms with E-state index in [0.29, 0.717) is 17.1 Å². The molecule has 7 heteroatoms. The van der Waals surface area contributed by atoms with Gasteiger partial charge >= 0.3 is 0 Å². The third-order valence-corrected chi connectivity index (χ3v) is 6.06. The van der Waals surface area contributed by atoms with Gasteiger partial charge in [-0.25, -0.2) is 8.42 Å². The average molecular weight is 400 g/mol. The fraction of sp³-hybridized carbons (Fsp3) is 0.438. The molecule has 0 aliphatic rings. The van der Waals surface area contributed by atoms with E-state index in [9.17, 15) is 8.42 Å². The molecule has 0 radical (unpaired) electrons. The van der Waals surface area contributed by atoms with Gasteiger partial charge in [-0.15, -0.1) is 0 Å². The fourth-order valence-electron chi connectivity index (χ4n) is 2.58. The number of rotatable bonds is 3. The number of sulfonamides is 1. The lowest BCUT2D eigenvalue weighted by Gasteiger charge is -2.21. The Kier molecular flexibility index (Phi) is 4.65. The van der Waals surface area contributed by atoms with E-state index in [-0.39, 0.29) is 10.4 Å². The van der Waals surface area contributed by atoms with E-state index in [1.165, 1.54) is 0 Å². The molecular formula is C16H22BrN3O2S. The first-order chi connectivity index (χ1) is 10.4. The maximum atomic E-state index is 12.8. The lowest BCUT2D eigenvalue weighted by Crippen LogP contribution is -2.25. The molecule has 0 fully saturated rings. The Labute approximate surface area is 146 Å². The molecule has 2 rings (SSSR count). The highest BCUT2D eigenvalue weighted by Crippen LogP contribution is 2.28. The molecule has 23 heavy (non-hydrogen) atoms. The third kappa shape index (κ3) is 3.61. The molecule has 0 aliphatic heterocycles. The van der Waals surface area contributed by atoms with Gasteiger partial charge in [0.25, 0.3) is 10.0 Å². The summed E-state index contributed by atoms with van der Waals surface area (Å²) in [6.07, 6.45) is 0. The first-order valence-corrected chi connectivity index (χ1v) is 9.57. The Bertz CT molecular complexity index is 849. The van der Waals surface area contributed by atoms with Crippen molar-refractivity contribution in [2.45, 2.75) is 52.0 Å². The van der Waals surface area contributed by atoms with Gasteiger partial charge in [-0.3, -0.25) is 9.40 Å². The predicted octanol–water partition coefficient (Wildman–Crippen LogP) is 4.13.